The summed E-state index contributed by atoms with van der Waals surface area (Å²) in [5.41, 5.74) is 8.13. The minimum absolute atomic E-state index is 0. The van der Waals surface area contributed by atoms with Crippen molar-refractivity contribution >= 4 is 25.3 Å². The number of aryl methyl sites for hydroxylation is 4. The highest BCUT2D eigenvalue weighted by molar-refractivity contribution is 7.59. The molecule has 0 fully saturated rings. The van der Waals surface area contributed by atoms with E-state index in [9.17, 15) is 5.11 Å². The van der Waals surface area contributed by atoms with E-state index in [2.05, 4.69) is 55.1 Å². The van der Waals surface area contributed by atoms with Crippen molar-refractivity contribution in [2.45, 2.75) is 77.4 Å². The first-order valence-electron chi connectivity index (χ1n) is 10.4. The van der Waals surface area contributed by atoms with E-state index in [4.69, 9.17) is 11.8 Å². The number of fused-ring (bicyclic) bond motifs is 2. The lowest BCUT2D eigenvalue weighted by atomic mass is 9.87. The Balaban J connectivity index is 0.000000194. The zero-order valence-corrected chi connectivity index (χ0v) is 18.9. The number of rotatable bonds is 3. The minimum atomic E-state index is -0.213. The van der Waals surface area contributed by atoms with Crippen LogP contribution >= 0.6 is 25.3 Å². The molecule has 2 aliphatic carbocycles. The molecule has 0 aromatic heterocycles. The van der Waals surface area contributed by atoms with E-state index in [0.29, 0.717) is 6.04 Å². The summed E-state index contributed by atoms with van der Waals surface area (Å²) in [7, 11) is 0. The maximum atomic E-state index is 9.78. The fourth-order valence-corrected chi connectivity index (χ4v) is 4.45. The number of benzene rings is 2. The summed E-state index contributed by atoms with van der Waals surface area (Å²) >= 11 is 5.75. The summed E-state index contributed by atoms with van der Waals surface area (Å²) in [6, 6.07) is 13.7. The van der Waals surface area contributed by atoms with Gasteiger partial charge in [-0.05, 0) is 96.5 Å². The summed E-state index contributed by atoms with van der Waals surface area (Å²) in [5.74, 6) is 0. The van der Waals surface area contributed by atoms with Gasteiger partial charge < -0.3 is 5.11 Å². The van der Waals surface area contributed by atoms with Gasteiger partial charge in [0.15, 0.2) is 0 Å². The molecule has 2 nitrogen and oxygen atoms in total. The molecule has 0 radical (unpaired) electrons. The van der Waals surface area contributed by atoms with Crippen molar-refractivity contribution in [3.8, 4) is 0 Å². The highest BCUT2D eigenvalue weighted by Gasteiger charge is 2.19. The van der Waals surface area contributed by atoms with E-state index in [-0.39, 0.29) is 19.6 Å². The summed E-state index contributed by atoms with van der Waals surface area (Å²) in [6.45, 7) is 4.34. The van der Waals surface area contributed by atoms with Crippen LogP contribution in [0.4, 0.5) is 0 Å². The smallest absolute Gasteiger partial charge is 0.0792 e. The average molecular weight is 420 g/mol. The molecule has 0 unspecified atom stereocenters. The Labute approximate surface area is 182 Å². The topological polar surface area (TPSA) is 32.3 Å². The third-order valence-corrected chi connectivity index (χ3v) is 6.23. The lowest BCUT2D eigenvalue weighted by Gasteiger charge is -2.24. The van der Waals surface area contributed by atoms with Crippen molar-refractivity contribution < 1.29 is 5.11 Å². The molecule has 0 spiro atoms. The van der Waals surface area contributed by atoms with Gasteiger partial charge in [0.2, 0.25) is 0 Å². The van der Waals surface area contributed by atoms with Gasteiger partial charge in [-0.3, -0.25) is 0 Å². The highest BCUT2D eigenvalue weighted by atomic mass is 35.5. The maximum absolute atomic E-state index is 9.78. The second kappa shape index (κ2) is 11.3. The number of nitrogens with one attached hydrogen (secondary N) is 1. The number of hydrogen-bond acceptors (Lipinski definition) is 2. The van der Waals surface area contributed by atoms with Crippen molar-refractivity contribution in [1.29, 1.82) is 0 Å². The standard InChI is InChI=1S/C12H16ClN.C12H16O.H2S/c1-2-9-6-7-10-4-3-5-12(14-13)11(10)8-9;1-2-9-6-7-10-4-3-5-12(13)11(10)8-9;/h6-8,12,14H,2-5H2,1H3;6-8,12-13H,2-5H2,1H3;1H2/t2*12-;/m01./s1. The van der Waals surface area contributed by atoms with Crippen LogP contribution < -0.4 is 4.84 Å². The van der Waals surface area contributed by atoms with Gasteiger partial charge in [-0.1, -0.05) is 50.2 Å². The molecule has 0 heterocycles. The molecule has 4 rings (SSSR count). The predicted octanol–water partition coefficient (Wildman–Crippen LogP) is 6.10. The van der Waals surface area contributed by atoms with Crippen LogP contribution in [0.15, 0.2) is 36.4 Å². The van der Waals surface area contributed by atoms with Crippen LogP contribution in [0, 0.1) is 0 Å². The normalized spacial score (nSPS) is 20.1. The van der Waals surface area contributed by atoms with Crippen molar-refractivity contribution in [3.05, 3.63) is 69.8 Å². The first kappa shape index (κ1) is 23.3. The molecule has 0 bridgehead atoms. The predicted molar refractivity (Wildman–Crippen MR) is 125 cm³/mol. The molecule has 0 saturated heterocycles. The SMILES string of the molecule is CCc1ccc2c(c1)[C@@H](NCl)CCC2.CCc1ccc2c(c1)[C@H](O)CCC2.S. The molecule has 0 aliphatic heterocycles. The summed E-state index contributed by atoms with van der Waals surface area (Å²) in [4.78, 5) is 2.88. The Morgan fingerprint density at radius 2 is 1.43 bits per heavy atom. The molecular formula is C24H34ClNOS. The van der Waals surface area contributed by atoms with E-state index >= 15 is 0 Å². The van der Waals surface area contributed by atoms with Gasteiger partial charge in [0.1, 0.15) is 0 Å². The Bertz CT molecular complexity index is 764. The fourth-order valence-electron chi connectivity index (χ4n) is 4.23. The Hall–Kier alpha value is -1.00. The van der Waals surface area contributed by atoms with Crippen LogP contribution in [-0.2, 0) is 25.7 Å². The van der Waals surface area contributed by atoms with Crippen LogP contribution in [0.25, 0.3) is 0 Å². The molecule has 2 N–H and O–H groups in total. The van der Waals surface area contributed by atoms with Gasteiger partial charge in [0.05, 0.1) is 6.10 Å². The minimum Gasteiger partial charge on any atom is -0.388 e. The van der Waals surface area contributed by atoms with Gasteiger partial charge in [0, 0.05) is 6.04 Å². The van der Waals surface area contributed by atoms with Crippen LogP contribution in [0.3, 0.4) is 0 Å². The van der Waals surface area contributed by atoms with Crippen LogP contribution in [-0.4, -0.2) is 5.11 Å². The zero-order chi connectivity index (χ0) is 19.2. The largest absolute Gasteiger partial charge is 0.388 e. The molecule has 2 aromatic carbocycles. The molecule has 0 amide bonds. The van der Waals surface area contributed by atoms with Crippen molar-refractivity contribution in [2.24, 2.45) is 0 Å². The first-order valence-corrected chi connectivity index (χ1v) is 10.8. The lowest BCUT2D eigenvalue weighted by Crippen LogP contribution is -2.18. The van der Waals surface area contributed by atoms with E-state index < -0.39 is 0 Å². The molecule has 2 atom stereocenters. The zero-order valence-electron chi connectivity index (χ0n) is 17.1. The third-order valence-electron chi connectivity index (χ3n) is 5.97. The summed E-state index contributed by atoms with van der Waals surface area (Å²) in [5, 5.41) is 9.78. The molecule has 154 valence electrons. The summed E-state index contributed by atoms with van der Waals surface area (Å²) in [6.07, 6.45) is 8.73. The molecule has 2 aliphatic rings. The van der Waals surface area contributed by atoms with Crippen LogP contribution in [0.2, 0.25) is 0 Å². The molecule has 0 saturated carbocycles. The van der Waals surface area contributed by atoms with E-state index in [0.717, 1.165) is 38.5 Å². The van der Waals surface area contributed by atoms with Gasteiger partial charge in [0.25, 0.3) is 0 Å². The Morgan fingerprint density at radius 1 is 0.893 bits per heavy atom. The Kier molecular flexibility index (Phi) is 9.36. The quantitative estimate of drug-likeness (QED) is 0.589. The van der Waals surface area contributed by atoms with Gasteiger partial charge >= 0.3 is 0 Å². The molecule has 28 heavy (non-hydrogen) atoms. The van der Waals surface area contributed by atoms with Crippen molar-refractivity contribution in [2.75, 3.05) is 0 Å². The van der Waals surface area contributed by atoms with Crippen LogP contribution in [0.1, 0.15) is 85.1 Å². The third kappa shape index (κ3) is 5.54. The average Bonchev–Trinajstić information content (AvgIpc) is 2.73. The number of halogens is 1. The Morgan fingerprint density at radius 3 is 2.00 bits per heavy atom. The van der Waals surface area contributed by atoms with Gasteiger partial charge in [-0.2, -0.15) is 13.5 Å². The molecule has 2 aromatic rings. The second-order valence-corrected chi connectivity index (χ2v) is 7.95. The molecular weight excluding hydrogens is 386 g/mol. The van der Waals surface area contributed by atoms with Gasteiger partial charge in [-0.25, -0.2) is 4.84 Å². The van der Waals surface area contributed by atoms with E-state index in [1.807, 2.05) is 0 Å². The van der Waals surface area contributed by atoms with Crippen molar-refractivity contribution in [3.63, 3.8) is 0 Å². The molecule has 4 heteroatoms. The fraction of sp³-hybridized carbons (Fsp3) is 0.500. The van der Waals surface area contributed by atoms with Gasteiger partial charge in [-0.15, -0.1) is 0 Å². The van der Waals surface area contributed by atoms with E-state index in [1.54, 1.807) is 0 Å². The monoisotopic (exact) mass is 419 g/mol. The van der Waals surface area contributed by atoms with Crippen LogP contribution in [0.5, 0.6) is 0 Å². The van der Waals surface area contributed by atoms with Crippen molar-refractivity contribution in [1.82, 2.24) is 4.84 Å². The summed E-state index contributed by atoms with van der Waals surface area (Å²) < 4.78 is 0. The van der Waals surface area contributed by atoms with E-state index in [1.165, 1.54) is 46.2 Å². The number of hydrogen-bond donors (Lipinski definition) is 2. The lowest BCUT2D eigenvalue weighted by molar-refractivity contribution is 0.156. The first-order chi connectivity index (χ1) is 13.2. The second-order valence-electron chi connectivity index (χ2n) is 7.74. The number of aliphatic hydroxyl groups is 1. The number of aliphatic hydroxyl groups excluding tert-OH is 1. The maximum Gasteiger partial charge on any atom is 0.0792 e. The highest BCUT2D eigenvalue weighted by Crippen LogP contribution is 2.31.